The van der Waals surface area contributed by atoms with E-state index in [1.165, 1.54) is 23.2 Å². The predicted octanol–water partition coefficient (Wildman–Crippen LogP) is 4.16. The standard InChI is InChI=1S/C21H17ClF6N4O2S/c22-14-6-12(5-13(7-14)20(23,24)25)19(21(26,27)28)3-4-32(10-19)16-2-1-11(8-29-16)18(35)30-15-9-34-31-17(15)33/h1-2,5-8,15H,3-4,9-10H2,(H,30,35)(H,31,33). The van der Waals surface area contributed by atoms with Gasteiger partial charge in [0.25, 0.3) is 5.91 Å². The molecule has 35 heavy (non-hydrogen) atoms. The average molecular weight is 539 g/mol. The van der Waals surface area contributed by atoms with Crippen LogP contribution in [0.15, 0.2) is 36.5 Å². The fraction of sp³-hybridized carbons (Fsp3) is 0.381. The van der Waals surface area contributed by atoms with E-state index >= 15 is 0 Å². The molecule has 4 rings (SSSR count). The first-order valence-electron chi connectivity index (χ1n) is 10.2. The molecule has 2 unspecified atom stereocenters. The van der Waals surface area contributed by atoms with E-state index in [-0.39, 0.29) is 24.0 Å². The van der Waals surface area contributed by atoms with Crippen molar-refractivity contribution in [2.75, 3.05) is 24.6 Å². The highest BCUT2D eigenvalue weighted by Crippen LogP contribution is 2.49. The van der Waals surface area contributed by atoms with E-state index in [1.807, 2.05) is 0 Å². The molecule has 0 saturated carbocycles. The highest BCUT2D eigenvalue weighted by molar-refractivity contribution is 7.80. The quantitative estimate of drug-likeness (QED) is 0.450. The van der Waals surface area contributed by atoms with Crippen molar-refractivity contribution in [1.29, 1.82) is 0 Å². The van der Waals surface area contributed by atoms with Gasteiger partial charge in [-0.05, 0) is 42.3 Å². The first-order valence-corrected chi connectivity index (χ1v) is 11.0. The molecular formula is C21H17ClF6N4O2S. The maximum absolute atomic E-state index is 14.3. The third-order valence-corrected chi connectivity index (χ3v) is 6.54. The SMILES string of the molecule is O=C1NOCC1NC(=S)c1ccc(N2CCC(c3cc(Cl)cc(C(F)(F)F)c3)(C(F)(F)F)C2)nc1. The summed E-state index contributed by atoms with van der Waals surface area (Å²) < 4.78 is 82.7. The van der Waals surface area contributed by atoms with Crippen molar-refractivity contribution in [3.63, 3.8) is 0 Å². The van der Waals surface area contributed by atoms with Gasteiger partial charge in [0.15, 0.2) is 0 Å². The van der Waals surface area contributed by atoms with Gasteiger partial charge in [0.1, 0.15) is 28.9 Å². The predicted molar refractivity (Wildman–Crippen MR) is 118 cm³/mol. The molecule has 1 aromatic carbocycles. The summed E-state index contributed by atoms with van der Waals surface area (Å²) >= 11 is 11.0. The third-order valence-electron chi connectivity index (χ3n) is 5.97. The number of carbonyl (C=O) groups excluding carboxylic acids is 1. The first-order chi connectivity index (χ1) is 16.3. The van der Waals surface area contributed by atoms with Gasteiger partial charge in [-0.15, -0.1) is 0 Å². The first kappa shape index (κ1) is 25.5. The number of thiocarbonyl (C=S) groups is 1. The Hall–Kier alpha value is -2.64. The Labute approximate surface area is 205 Å². The number of hydroxylamine groups is 1. The molecule has 2 saturated heterocycles. The number of aromatic nitrogens is 1. The van der Waals surface area contributed by atoms with E-state index in [0.29, 0.717) is 17.7 Å². The van der Waals surface area contributed by atoms with E-state index in [2.05, 4.69) is 15.8 Å². The highest BCUT2D eigenvalue weighted by atomic mass is 35.5. The zero-order valence-electron chi connectivity index (χ0n) is 17.6. The van der Waals surface area contributed by atoms with Gasteiger partial charge >= 0.3 is 12.4 Å². The van der Waals surface area contributed by atoms with Gasteiger partial charge in [0.2, 0.25) is 0 Å². The molecule has 2 aliphatic heterocycles. The lowest BCUT2D eigenvalue weighted by atomic mass is 9.78. The third kappa shape index (κ3) is 5.02. The molecule has 0 radical (unpaired) electrons. The van der Waals surface area contributed by atoms with Gasteiger partial charge in [-0.3, -0.25) is 9.63 Å². The zero-order valence-corrected chi connectivity index (χ0v) is 19.2. The number of nitrogens with one attached hydrogen (secondary N) is 2. The lowest BCUT2D eigenvalue weighted by Crippen LogP contribution is -2.45. The fourth-order valence-electron chi connectivity index (χ4n) is 4.06. The largest absolute Gasteiger partial charge is 0.416 e. The molecular weight excluding hydrogens is 522 g/mol. The summed E-state index contributed by atoms with van der Waals surface area (Å²) in [5, 5.41) is 2.37. The summed E-state index contributed by atoms with van der Waals surface area (Å²) in [6.45, 7) is -0.665. The summed E-state index contributed by atoms with van der Waals surface area (Å²) in [5.41, 5.74) is -1.76. The Morgan fingerprint density at radius 1 is 1.23 bits per heavy atom. The number of pyridine rings is 1. The molecule has 6 nitrogen and oxygen atoms in total. The molecule has 2 fully saturated rings. The van der Waals surface area contributed by atoms with Crippen LogP contribution in [-0.2, 0) is 21.2 Å². The summed E-state index contributed by atoms with van der Waals surface area (Å²) in [4.78, 5) is 22.1. The molecule has 1 aromatic heterocycles. The molecule has 0 bridgehead atoms. The maximum atomic E-state index is 14.3. The van der Waals surface area contributed by atoms with Gasteiger partial charge < -0.3 is 10.2 Å². The average Bonchev–Trinajstić information content (AvgIpc) is 3.40. The number of carbonyl (C=O) groups is 1. The number of amides is 1. The van der Waals surface area contributed by atoms with Crippen LogP contribution >= 0.6 is 23.8 Å². The molecule has 2 aromatic rings. The lowest BCUT2D eigenvalue weighted by molar-refractivity contribution is -0.184. The minimum absolute atomic E-state index is 0.0668. The fourth-order valence-corrected chi connectivity index (χ4v) is 4.56. The van der Waals surface area contributed by atoms with Crippen LogP contribution in [0.5, 0.6) is 0 Å². The zero-order chi connectivity index (χ0) is 25.6. The van der Waals surface area contributed by atoms with Gasteiger partial charge in [0.05, 0.1) is 5.56 Å². The molecule has 2 atom stereocenters. The minimum Gasteiger partial charge on any atom is -0.362 e. The summed E-state index contributed by atoms with van der Waals surface area (Å²) in [5.74, 6) is -0.199. The number of hydrogen-bond acceptors (Lipinski definition) is 5. The van der Waals surface area contributed by atoms with Crippen LogP contribution in [-0.4, -0.2) is 47.8 Å². The number of hydrogen-bond donors (Lipinski definition) is 2. The van der Waals surface area contributed by atoms with E-state index in [0.717, 1.165) is 6.07 Å². The Morgan fingerprint density at radius 3 is 2.54 bits per heavy atom. The Bertz CT molecular complexity index is 1140. The van der Waals surface area contributed by atoms with E-state index in [1.54, 1.807) is 0 Å². The molecule has 0 aliphatic carbocycles. The van der Waals surface area contributed by atoms with Crippen molar-refractivity contribution in [1.82, 2.24) is 15.8 Å². The van der Waals surface area contributed by atoms with Crippen molar-refractivity contribution in [3.8, 4) is 0 Å². The molecule has 0 spiro atoms. The van der Waals surface area contributed by atoms with Crippen LogP contribution in [0.3, 0.4) is 0 Å². The molecule has 1 amide bonds. The van der Waals surface area contributed by atoms with Gasteiger partial charge in [0, 0.05) is 29.9 Å². The normalized spacial score (nSPS) is 22.9. The van der Waals surface area contributed by atoms with Crippen molar-refractivity contribution >= 4 is 40.5 Å². The van der Waals surface area contributed by atoms with Crippen LogP contribution in [0, 0.1) is 0 Å². The van der Waals surface area contributed by atoms with Crippen molar-refractivity contribution in [3.05, 3.63) is 58.2 Å². The van der Waals surface area contributed by atoms with Gasteiger partial charge in [-0.2, -0.15) is 26.3 Å². The van der Waals surface area contributed by atoms with Crippen LogP contribution in [0.4, 0.5) is 32.2 Å². The number of benzene rings is 1. The second-order valence-corrected chi connectivity index (χ2v) is 9.03. The summed E-state index contributed by atoms with van der Waals surface area (Å²) in [6, 6.07) is 4.33. The Kier molecular flexibility index (Phi) is 6.62. The van der Waals surface area contributed by atoms with Crippen molar-refractivity contribution in [2.24, 2.45) is 0 Å². The van der Waals surface area contributed by atoms with E-state index in [4.69, 9.17) is 28.7 Å². The molecule has 2 aliphatic rings. The number of anilines is 1. The second-order valence-electron chi connectivity index (χ2n) is 8.19. The monoisotopic (exact) mass is 538 g/mol. The smallest absolute Gasteiger partial charge is 0.362 e. The Morgan fingerprint density at radius 2 is 1.97 bits per heavy atom. The number of nitrogens with zero attached hydrogens (tertiary/aromatic N) is 2. The van der Waals surface area contributed by atoms with Gasteiger partial charge in [-0.25, -0.2) is 10.5 Å². The topological polar surface area (TPSA) is 66.5 Å². The van der Waals surface area contributed by atoms with Crippen molar-refractivity contribution in [2.45, 2.75) is 30.2 Å². The van der Waals surface area contributed by atoms with Crippen LogP contribution in [0.2, 0.25) is 5.02 Å². The second kappa shape index (κ2) is 9.10. The van der Waals surface area contributed by atoms with Crippen LogP contribution in [0.25, 0.3) is 0 Å². The summed E-state index contributed by atoms with van der Waals surface area (Å²) in [6.07, 6.45) is -8.83. The van der Waals surface area contributed by atoms with E-state index < -0.39 is 58.8 Å². The van der Waals surface area contributed by atoms with E-state index in [9.17, 15) is 31.1 Å². The number of rotatable bonds is 4. The molecule has 2 N–H and O–H groups in total. The molecule has 188 valence electrons. The van der Waals surface area contributed by atoms with Crippen molar-refractivity contribution < 1.29 is 36.0 Å². The highest BCUT2D eigenvalue weighted by Gasteiger charge is 2.59. The summed E-state index contributed by atoms with van der Waals surface area (Å²) in [7, 11) is 0. The van der Waals surface area contributed by atoms with Crippen LogP contribution in [0.1, 0.15) is 23.1 Å². The number of halogens is 7. The lowest BCUT2D eigenvalue weighted by Gasteiger charge is -2.33. The maximum Gasteiger partial charge on any atom is 0.416 e. The minimum atomic E-state index is -4.85. The molecule has 14 heteroatoms. The van der Waals surface area contributed by atoms with Gasteiger partial charge in [-0.1, -0.05) is 23.8 Å². The Balaban J connectivity index is 1.57. The van der Waals surface area contributed by atoms with Crippen LogP contribution < -0.4 is 15.7 Å². The molecule has 3 heterocycles. The number of alkyl halides is 6.